The summed E-state index contributed by atoms with van der Waals surface area (Å²) in [6, 6.07) is 0. The zero-order valence-corrected chi connectivity index (χ0v) is 7.79. The summed E-state index contributed by atoms with van der Waals surface area (Å²) in [6.07, 6.45) is -2.85. The summed E-state index contributed by atoms with van der Waals surface area (Å²) in [5, 5.41) is 12.3. The molecule has 6 heteroatoms. The molecule has 4 nitrogen and oxygen atoms in total. The summed E-state index contributed by atoms with van der Waals surface area (Å²) in [5.74, 6) is -1.36. The van der Waals surface area contributed by atoms with Crippen molar-refractivity contribution in [3.63, 3.8) is 0 Å². The standard InChI is InChI=1S/C8H10F2N2O2/c1-3-12-4(2)5(8(13)14)6(11-12)7(9)10/h7H,3H2,1-2H3,(H,13,14). The number of carbonyl (C=O) groups is 1. The van der Waals surface area contributed by atoms with Crippen LogP contribution < -0.4 is 0 Å². The normalized spacial score (nSPS) is 10.9. The van der Waals surface area contributed by atoms with E-state index >= 15 is 0 Å². The molecule has 1 heterocycles. The van der Waals surface area contributed by atoms with Crippen LogP contribution in [0.25, 0.3) is 0 Å². The third kappa shape index (κ3) is 1.59. The second-order valence-electron chi connectivity index (χ2n) is 2.77. The topological polar surface area (TPSA) is 55.1 Å². The van der Waals surface area contributed by atoms with E-state index in [9.17, 15) is 13.6 Å². The van der Waals surface area contributed by atoms with E-state index in [-0.39, 0.29) is 11.3 Å². The first kappa shape index (κ1) is 10.6. The van der Waals surface area contributed by atoms with Gasteiger partial charge in [0.05, 0.1) is 5.69 Å². The predicted octanol–water partition coefficient (Wildman–Crippen LogP) is 1.85. The lowest BCUT2D eigenvalue weighted by Crippen LogP contribution is -2.03. The van der Waals surface area contributed by atoms with Crippen LogP contribution in [0.2, 0.25) is 0 Å². The highest BCUT2D eigenvalue weighted by atomic mass is 19.3. The third-order valence-electron chi connectivity index (χ3n) is 1.95. The van der Waals surface area contributed by atoms with Crippen LogP contribution in [-0.4, -0.2) is 20.9 Å². The van der Waals surface area contributed by atoms with E-state index in [1.165, 1.54) is 11.6 Å². The molecule has 0 saturated carbocycles. The van der Waals surface area contributed by atoms with E-state index in [0.717, 1.165) is 0 Å². The molecule has 0 amide bonds. The van der Waals surface area contributed by atoms with Gasteiger partial charge in [-0.2, -0.15) is 5.10 Å². The number of carboxylic acid groups (broad SMARTS) is 1. The van der Waals surface area contributed by atoms with Crippen molar-refractivity contribution >= 4 is 5.97 Å². The molecule has 0 atom stereocenters. The minimum Gasteiger partial charge on any atom is -0.478 e. The maximum Gasteiger partial charge on any atom is 0.339 e. The molecule has 1 N–H and O–H groups in total. The Labute approximate surface area is 79.2 Å². The quantitative estimate of drug-likeness (QED) is 0.817. The number of carboxylic acids is 1. The van der Waals surface area contributed by atoms with E-state index in [4.69, 9.17) is 5.11 Å². The Morgan fingerprint density at radius 3 is 2.50 bits per heavy atom. The Morgan fingerprint density at radius 2 is 2.21 bits per heavy atom. The molecule has 14 heavy (non-hydrogen) atoms. The van der Waals surface area contributed by atoms with Gasteiger partial charge in [0, 0.05) is 6.54 Å². The summed E-state index contributed by atoms with van der Waals surface area (Å²) in [4.78, 5) is 10.7. The molecule has 0 radical (unpaired) electrons. The zero-order valence-electron chi connectivity index (χ0n) is 7.79. The summed E-state index contributed by atoms with van der Waals surface area (Å²) in [7, 11) is 0. The molecule has 1 aromatic heterocycles. The van der Waals surface area contributed by atoms with Crippen molar-refractivity contribution in [3.8, 4) is 0 Å². The van der Waals surface area contributed by atoms with Gasteiger partial charge < -0.3 is 5.11 Å². The van der Waals surface area contributed by atoms with Crippen molar-refractivity contribution in [1.29, 1.82) is 0 Å². The Hall–Kier alpha value is -1.46. The fraction of sp³-hybridized carbons (Fsp3) is 0.500. The lowest BCUT2D eigenvalue weighted by Gasteiger charge is -1.97. The summed E-state index contributed by atoms with van der Waals surface area (Å²) in [5.41, 5.74) is -0.783. The van der Waals surface area contributed by atoms with Crippen LogP contribution in [0.3, 0.4) is 0 Å². The lowest BCUT2D eigenvalue weighted by molar-refractivity contribution is 0.0683. The van der Waals surface area contributed by atoms with Crippen molar-refractivity contribution < 1.29 is 18.7 Å². The number of nitrogens with zero attached hydrogens (tertiary/aromatic N) is 2. The molecule has 0 unspecified atom stereocenters. The van der Waals surface area contributed by atoms with Gasteiger partial charge in [0.1, 0.15) is 11.3 Å². The molecule has 0 aliphatic heterocycles. The molecular formula is C8H10F2N2O2. The van der Waals surface area contributed by atoms with Crippen LogP contribution in [0.4, 0.5) is 8.78 Å². The molecule has 0 spiro atoms. The first-order valence-electron chi connectivity index (χ1n) is 4.07. The Kier molecular flexibility index (Phi) is 2.83. The van der Waals surface area contributed by atoms with E-state index in [0.29, 0.717) is 6.54 Å². The zero-order chi connectivity index (χ0) is 10.9. The van der Waals surface area contributed by atoms with Crippen molar-refractivity contribution in [2.45, 2.75) is 26.8 Å². The number of hydrogen-bond acceptors (Lipinski definition) is 2. The molecule has 0 aliphatic rings. The molecule has 1 aromatic rings. The Morgan fingerprint density at radius 1 is 1.64 bits per heavy atom. The molecular weight excluding hydrogens is 194 g/mol. The highest BCUT2D eigenvalue weighted by Crippen LogP contribution is 2.24. The van der Waals surface area contributed by atoms with Gasteiger partial charge in [0.15, 0.2) is 0 Å². The predicted molar refractivity (Wildman–Crippen MR) is 44.6 cm³/mol. The van der Waals surface area contributed by atoms with Crippen LogP contribution in [0, 0.1) is 6.92 Å². The third-order valence-corrected chi connectivity index (χ3v) is 1.95. The van der Waals surface area contributed by atoms with Crippen LogP contribution >= 0.6 is 0 Å². The number of aromatic carboxylic acids is 1. The van der Waals surface area contributed by atoms with Gasteiger partial charge in [0.2, 0.25) is 0 Å². The highest BCUT2D eigenvalue weighted by Gasteiger charge is 2.25. The van der Waals surface area contributed by atoms with Crippen molar-refractivity contribution in [1.82, 2.24) is 9.78 Å². The molecule has 0 fully saturated rings. The number of alkyl halides is 2. The first-order chi connectivity index (χ1) is 6.49. The van der Waals surface area contributed by atoms with Gasteiger partial charge in [-0.1, -0.05) is 0 Å². The number of aromatic nitrogens is 2. The van der Waals surface area contributed by atoms with Crippen molar-refractivity contribution in [3.05, 3.63) is 17.0 Å². The van der Waals surface area contributed by atoms with Gasteiger partial charge in [-0.3, -0.25) is 4.68 Å². The highest BCUT2D eigenvalue weighted by molar-refractivity contribution is 5.90. The van der Waals surface area contributed by atoms with Gasteiger partial charge in [-0.25, -0.2) is 13.6 Å². The van der Waals surface area contributed by atoms with E-state index < -0.39 is 18.1 Å². The second kappa shape index (κ2) is 3.73. The SMILES string of the molecule is CCn1nc(C(F)F)c(C(=O)O)c1C. The largest absolute Gasteiger partial charge is 0.478 e. The van der Waals surface area contributed by atoms with Crippen LogP contribution in [0.1, 0.15) is 35.1 Å². The monoisotopic (exact) mass is 204 g/mol. The summed E-state index contributed by atoms with van der Waals surface area (Å²) >= 11 is 0. The summed E-state index contributed by atoms with van der Waals surface area (Å²) < 4.78 is 26.0. The van der Waals surface area contributed by atoms with E-state index in [1.54, 1.807) is 6.92 Å². The number of rotatable bonds is 3. The van der Waals surface area contributed by atoms with Gasteiger partial charge in [-0.05, 0) is 13.8 Å². The molecule has 0 aromatic carbocycles. The van der Waals surface area contributed by atoms with Crippen LogP contribution in [-0.2, 0) is 6.54 Å². The maximum absolute atomic E-state index is 12.4. The van der Waals surface area contributed by atoms with Crippen molar-refractivity contribution in [2.75, 3.05) is 0 Å². The first-order valence-corrected chi connectivity index (χ1v) is 4.07. The van der Waals surface area contributed by atoms with Crippen molar-refractivity contribution in [2.24, 2.45) is 0 Å². The Bertz CT molecular complexity index is 360. The molecule has 1 rings (SSSR count). The lowest BCUT2D eigenvalue weighted by atomic mass is 10.2. The number of halogens is 2. The minimum absolute atomic E-state index is 0.260. The fourth-order valence-electron chi connectivity index (χ4n) is 1.29. The number of hydrogen-bond donors (Lipinski definition) is 1. The molecule has 0 bridgehead atoms. The van der Waals surface area contributed by atoms with E-state index in [1.807, 2.05) is 0 Å². The van der Waals surface area contributed by atoms with Crippen LogP contribution in [0.15, 0.2) is 0 Å². The average molecular weight is 204 g/mol. The second-order valence-corrected chi connectivity index (χ2v) is 2.77. The van der Waals surface area contributed by atoms with Gasteiger partial charge >= 0.3 is 5.97 Å². The smallest absolute Gasteiger partial charge is 0.339 e. The van der Waals surface area contributed by atoms with E-state index in [2.05, 4.69) is 5.10 Å². The average Bonchev–Trinajstić information content (AvgIpc) is 2.42. The fourth-order valence-corrected chi connectivity index (χ4v) is 1.29. The maximum atomic E-state index is 12.4. The molecule has 78 valence electrons. The molecule has 0 saturated heterocycles. The minimum atomic E-state index is -2.85. The van der Waals surface area contributed by atoms with Gasteiger partial charge in [-0.15, -0.1) is 0 Å². The Balaban J connectivity index is 3.35. The summed E-state index contributed by atoms with van der Waals surface area (Å²) in [6.45, 7) is 3.55. The van der Waals surface area contributed by atoms with Gasteiger partial charge in [0.25, 0.3) is 6.43 Å². The van der Waals surface area contributed by atoms with Crippen LogP contribution in [0.5, 0.6) is 0 Å². The molecule has 0 aliphatic carbocycles. The number of aryl methyl sites for hydroxylation is 1.